The SMILES string of the molecule is Cc1cc(C)cc(C(=O)N[C@@H]2CCCO[C@H]2c2nccn2C)c1. The summed E-state index contributed by atoms with van der Waals surface area (Å²) in [6.45, 7) is 4.71. The molecule has 0 unspecified atom stereocenters. The summed E-state index contributed by atoms with van der Waals surface area (Å²) in [5, 5.41) is 3.14. The lowest BCUT2D eigenvalue weighted by Crippen LogP contribution is -2.43. The quantitative estimate of drug-likeness (QED) is 0.948. The molecule has 5 heteroatoms. The Hall–Kier alpha value is -2.14. The van der Waals surface area contributed by atoms with E-state index < -0.39 is 0 Å². The van der Waals surface area contributed by atoms with E-state index in [1.54, 1.807) is 6.20 Å². The first-order chi connectivity index (χ1) is 11.0. The average Bonchev–Trinajstić information content (AvgIpc) is 2.93. The number of aromatic nitrogens is 2. The third-order valence-electron chi connectivity index (χ3n) is 4.24. The first-order valence-corrected chi connectivity index (χ1v) is 8.02. The molecule has 0 saturated carbocycles. The number of benzene rings is 1. The molecule has 1 aromatic heterocycles. The fraction of sp³-hybridized carbons (Fsp3) is 0.444. The summed E-state index contributed by atoms with van der Waals surface area (Å²) < 4.78 is 7.85. The lowest BCUT2D eigenvalue weighted by Gasteiger charge is -2.32. The third-order valence-corrected chi connectivity index (χ3v) is 4.24. The van der Waals surface area contributed by atoms with Crippen molar-refractivity contribution in [1.29, 1.82) is 0 Å². The van der Waals surface area contributed by atoms with E-state index in [4.69, 9.17) is 4.74 Å². The van der Waals surface area contributed by atoms with E-state index >= 15 is 0 Å². The van der Waals surface area contributed by atoms with E-state index in [-0.39, 0.29) is 18.1 Å². The average molecular weight is 313 g/mol. The number of carbonyl (C=O) groups is 1. The zero-order valence-corrected chi connectivity index (χ0v) is 13.9. The molecular formula is C18H23N3O2. The maximum Gasteiger partial charge on any atom is 0.251 e. The van der Waals surface area contributed by atoms with Crippen molar-refractivity contribution < 1.29 is 9.53 Å². The highest BCUT2D eigenvalue weighted by Gasteiger charge is 2.31. The van der Waals surface area contributed by atoms with Gasteiger partial charge in [0.25, 0.3) is 5.91 Å². The summed E-state index contributed by atoms with van der Waals surface area (Å²) in [5.41, 5.74) is 2.89. The molecule has 23 heavy (non-hydrogen) atoms. The number of hydrogen-bond acceptors (Lipinski definition) is 3. The van der Waals surface area contributed by atoms with Gasteiger partial charge in [0.15, 0.2) is 0 Å². The normalized spacial score (nSPS) is 21.2. The minimum absolute atomic E-state index is 0.0495. The molecule has 1 aliphatic heterocycles. The number of hydrogen-bond donors (Lipinski definition) is 1. The monoisotopic (exact) mass is 313 g/mol. The van der Waals surface area contributed by atoms with Gasteiger partial charge in [0, 0.05) is 31.6 Å². The van der Waals surface area contributed by atoms with Crippen LogP contribution in [0.5, 0.6) is 0 Å². The molecule has 2 aromatic rings. The van der Waals surface area contributed by atoms with Crippen molar-refractivity contribution in [2.45, 2.75) is 38.8 Å². The van der Waals surface area contributed by atoms with Crippen molar-refractivity contribution in [2.24, 2.45) is 7.05 Å². The van der Waals surface area contributed by atoms with Gasteiger partial charge in [-0.2, -0.15) is 0 Å². The second-order valence-corrected chi connectivity index (χ2v) is 6.29. The van der Waals surface area contributed by atoms with Crippen molar-refractivity contribution in [3.8, 4) is 0 Å². The van der Waals surface area contributed by atoms with Crippen molar-refractivity contribution in [2.75, 3.05) is 6.61 Å². The molecule has 1 N–H and O–H groups in total. The second-order valence-electron chi connectivity index (χ2n) is 6.29. The van der Waals surface area contributed by atoms with Crippen molar-refractivity contribution >= 4 is 5.91 Å². The fourth-order valence-corrected chi connectivity index (χ4v) is 3.19. The summed E-state index contributed by atoms with van der Waals surface area (Å²) in [5.74, 6) is 0.807. The third kappa shape index (κ3) is 3.45. The molecule has 2 atom stereocenters. The number of nitrogens with one attached hydrogen (secondary N) is 1. The van der Waals surface area contributed by atoms with Crippen LogP contribution in [0.3, 0.4) is 0 Å². The van der Waals surface area contributed by atoms with Gasteiger partial charge >= 0.3 is 0 Å². The predicted molar refractivity (Wildman–Crippen MR) is 88.3 cm³/mol. The lowest BCUT2D eigenvalue weighted by molar-refractivity contribution is -0.0159. The molecule has 1 saturated heterocycles. The fourth-order valence-electron chi connectivity index (χ4n) is 3.19. The first kappa shape index (κ1) is 15.7. The highest BCUT2D eigenvalue weighted by molar-refractivity contribution is 5.94. The smallest absolute Gasteiger partial charge is 0.251 e. The van der Waals surface area contributed by atoms with Crippen LogP contribution < -0.4 is 5.32 Å². The Morgan fingerprint density at radius 1 is 1.30 bits per heavy atom. The number of rotatable bonds is 3. The number of ether oxygens (including phenoxy) is 1. The van der Waals surface area contributed by atoms with E-state index in [1.807, 2.05) is 43.8 Å². The topological polar surface area (TPSA) is 56.1 Å². The van der Waals surface area contributed by atoms with Gasteiger partial charge in [-0.15, -0.1) is 0 Å². The minimum Gasteiger partial charge on any atom is -0.368 e. The Bertz CT molecular complexity index is 688. The predicted octanol–water partition coefficient (Wildman–Crippen LogP) is 2.69. The van der Waals surface area contributed by atoms with Crippen LogP contribution in [0, 0.1) is 13.8 Å². The summed E-state index contributed by atoms with van der Waals surface area (Å²) >= 11 is 0. The van der Waals surface area contributed by atoms with Gasteiger partial charge in [0.05, 0.1) is 6.04 Å². The zero-order chi connectivity index (χ0) is 16.4. The molecule has 1 amide bonds. The molecule has 1 aromatic carbocycles. The van der Waals surface area contributed by atoms with Crippen LogP contribution in [0.25, 0.3) is 0 Å². The van der Waals surface area contributed by atoms with E-state index in [2.05, 4.69) is 16.4 Å². The number of imidazole rings is 1. The zero-order valence-electron chi connectivity index (χ0n) is 13.9. The van der Waals surface area contributed by atoms with Gasteiger partial charge in [0.1, 0.15) is 11.9 Å². The highest BCUT2D eigenvalue weighted by Crippen LogP contribution is 2.27. The van der Waals surface area contributed by atoms with Crippen LogP contribution in [-0.2, 0) is 11.8 Å². The Morgan fingerprint density at radius 2 is 2.04 bits per heavy atom. The van der Waals surface area contributed by atoms with Gasteiger partial charge < -0.3 is 14.6 Å². The molecule has 0 radical (unpaired) electrons. The van der Waals surface area contributed by atoms with Crippen LogP contribution in [0.2, 0.25) is 0 Å². The lowest BCUT2D eigenvalue weighted by atomic mass is 10.0. The van der Waals surface area contributed by atoms with Crippen LogP contribution in [-0.4, -0.2) is 28.1 Å². The molecule has 3 rings (SSSR count). The van der Waals surface area contributed by atoms with Crippen molar-refractivity contribution in [3.63, 3.8) is 0 Å². The van der Waals surface area contributed by atoms with Gasteiger partial charge in [-0.3, -0.25) is 4.79 Å². The number of aryl methyl sites for hydroxylation is 3. The van der Waals surface area contributed by atoms with E-state index in [9.17, 15) is 4.79 Å². The summed E-state index contributed by atoms with van der Waals surface area (Å²) in [7, 11) is 1.95. The molecule has 0 aliphatic carbocycles. The maximum absolute atomic E-state index is 12.6. The van der Waals surface area contributed by atoms with E-state index in [0.29, 0.717) is 12.2 Å². The number of carbonyl (C=O) groups excluding carboxylic acids is 1. The Morgan fingerprint density at radius 3 is 2.70 bits per heavy atom. The van der Waals surface area contributed by atoms with Crippen LogP contribution >= 0.6 is 0 Å². The first-order valence-electron chi connectivity index (χ1n) is 8.02. The molecule has 0 bridgehead atoms. The number of nitrogens with zero attached hydrogens (tertiary/aromatic N) is 2. The summed E-state index contributed by atoms with van der Waals surface area (Å²) in [4.78, 5) is 17.0. The van der Waals surface area contributed by atoms with Crippen molar-refractivity contribution in [3.05, 3.63) is 53.1 Å². The Kier molecular flexibility index (Phi) is 4.48. The molecule has 122 valence electrons. The standard InChI is InChI=1S/C18H23N3O2/c1-12-9-13(2)11-14(10-12)18(22)20-15-5-4-8-23-16(15)17-19-6-7-21(17)3/h6-7,9-11,15-16H,4-5,8H2,1-3H3,(H,20,22)/t15-,16-/m1/s1. The van der Waals surface area contributed by atoms with Gasteiger partial charge in [0.2, 0.25) is 0 Å². The summed E-state index contributed by atoms with van der Waals surface area (Å²) in [6.07, 6.45) is 5.30. The van der Waals surface area contributed by atoms with Gasteiger partial charge in [-0.1, -0.05) is 17.2 Å². The van der Waals surface area contributed by atoms with Gasteiger partial charge in [-0.05, 0) is 38.8 Å². The second kappa shape index (κ2) is 6.54. The largest absolute Gasteiger partial charge is 0.368 e. The molecule has 5 nitrogen and oxygen atoms in total. The molecule has 2 heterocycles. The van der Waals surface area contributed by atoms with Crippen LogP contribution in [0.4, 0.5) is 0 Å². The molecule has 1 aliphatic rings. The minimum atomic E-state index is -0.196. The molecule has 1 fully saturated rings. The van der Waals surface area contributed by atoms with Crippen molar-refractivity contribution in [1.82, 2.24) is 14.9 Å². The Balaban J connectivity index is 1.79. The van der Waals surface area contributed by atoms with E-state index in [0.717, 1.165) is 29.8 Å². The summed E-state index contributed by atoms with van der Waals surface area (Å²) in [6, 6.07) is 5.85. The highest BCUT2D eigenvalue weighted by atomic mass is 16.5. The van der Waals surface area contributed by atoms with Gasteiger partial charge in [-0.25, -0.2) is 4.98 Å². The van der Waals surface area contributed by atoms with Crippen LogP contribution in [0.15, 0.2) is 30.6 Å². The number of amides is 1. The Labute approximate surface area is 136 Å². The van der Waals surface area contributed by atoms with E-state index in [1.165, 1.54) is 0 Å². The maximum atomic E-state index is 12.6. The van der Waals surface area contributed by atoms with Crippen LogP contribution in [0.1, 0.15) is 46.3 Å². The molecule has 0 spiro atoms. The molecular weight excluding hydrogens is 290 g/mol.